The van der Waals surface area contributed by atoms with E-state index in [9.17, 15) is 14.0 Å². The van der Waals surface area contributed by atoms with Crippen LogP contribution in [0.5, 0.6) is 0 Å². The lowest BCUT2D eigenvalue weighted by Crippen LogP contribution is -2.29. The third kappa shape index (κ3) is 3.32. The van der Waals surface area contributed by atoms with Gasteiger partial charge in [0.2, 0.25) is 10.9 Å². The highest BCUT2D eigenvalue weighted by atomic mass is 32.2. The van der Waals surface area contributed by atoms with Crippen molar-refractivity contribution in [3.05, 3.63) is 80.4 Å². The molecule has 0 radical (unpaired) electrons. The minimum Gasteiger partial charge on any atom is -0.450 e. The molecule has 6 nitrogen and oxygen atoms in total. The Bertz CT molecular complexity index is 1400. The Morgan fingerprint density at radius 3 is 2.66 bits per heavy atom. The molecule has 0 N–H and O–H groups in total. The van der Waals surface area contributed by atoms with Crippen LogP contribution in [-0.2, 0) is 6.42 Å². The first-order chi connectivity index (χ1) is 15.5. The number of hydrogen-bond donors (Lipinski definition) is 0. The molecule has 32 heavy (non-hydrogen) atoms. The lowest BCUT2D eigenvalue weighted by molar-refractivity contribution is 0.0970. The zero-order valence-electron chi connectivity index (χ0n) is 17.3. The molecular weight excluding hydrogens is 449 g/mol. The zero-order chi connectivity index (χ0) is 22.4. The molecule has 0 saturated heterocycles. The minimum absolute atomic E-state index is 0.0414. The van der Waals surface area contributed by atoms with Gasteiger partial charge in [0.25, 0.3) is 5.91 Å². The average molecular weight is 468 g/mol. The van der Waals surface area contributed by atoms with Crippen LogP contribution in [0, 0.1) is 5.82 Å². The summed E-state index contributed by atoms with van der Waals surface area (Å²) in [6.45, 7) is 2.04. The molecule has 2 aromatic heterocycles. The Labute approximate surface area is 191 Å². The van der Waals surface area contributed by atoms with Gasteiger partial charge in [0.15, 0.2) is 5.43 Å². The summed E-state index contributed by atoms with van der Waals surface area (Å²) in [5.74, 6) is -1.04. The minimum atomic E-state index is -0.736. The van der Waals surface area contributed by atoms with E-state index in [2.05, 4.69) is 10.2 Å². The molecule has 9 heteroatoms. The fourth-order valence-electron chi connectivity index (χ4n) is 3.90. The van der Waals surface area contributed by atoms with E-state index in [0.29, 0.717) is 5.13 Å². The van der Waals surface area contributed by atoms with Crippen molar-refractivity contribution in [2.45, 2.75) is 30.7 Å². The number of benzene rings is 2. The summed E-state index contributed by atoms with van der Waals surface area (Å²) in [5, 5.41) is 9.76. The van der Waals surface area contributed by atoms with Gasteiger partial charge in [-0.1, -0.05) is 30.4 Å². The number of amides is 1. The molecular formula is C23H18FN3O3S2. The molecule has 0 fully saturated rings. The first kappa shape index (κ1) is 20.8. The molecule has 1 aliphatic heterocycles. The molecule has 0 bridgehead atoms. The van der Waals surface area contributed by atoms with Crippen LogP contribution in [0.15, 0.2) is 56.6 Å². The van der Waals surface area contributed by atoms with Crippen LogP contribution in [0.2, 0.25) is 0 Å². The van der Waals surface area contributed by atoms with Gasteiger partial charge in [-0.2, -0.15) is 0 Å². The number of aryl methyl sites for hydroxylation is 1. The van der Waals surface area contributed by atoms with Crippen LogP contribution in [-0.4, -0.2) is 22.4 Å². The Morgan fingerprint density at radius 2 is 1.94 bits per heavy atom. The number of hydrogen-bond acceptors (Lipinski definition) is 7. The second kappa shape index (κ2) is 8.14. The summed E-state index contributed by atoms with van der Waals surface area (Å²) in [4.78, 5) is 29.5. The van der Waals surface area contributed by atoms with E-state index in [0.717, 1.165) is 34.4 Å². The van der Waals surface area contributed by atoms with Crippen molar-refractivity contribution < 1.29 is 13.6 Å². The third-order valence-electron chi connectivity index (χ3n) is 5.39. The maximum Gasteiger partial charge on any atom is 0.297 e. The SMILES string of the molecule is CCCc1nnc(N2C(=O)c3oc4ccc(F)cc4c(=O)c3[C@@H]2c2ccc(SC)cc2)s1. The molecule has 1 atom stereocenters. The van der Waals surface area contributed by atoms with Gasteiger partial charge < -0.3 is 4.42 Å². The molecule has 2 aromatic carbocycles. The molecule has 5 rings (SSSR count). The van der Waals surface area contributed by atoms with Crippen LogP contribution in [0.1, 0.15) is 46.1 Å². The summed E-state index contributed by atoms with van der Waals surface area (Å²) < 4.78 is 19.7. The van der Waals surface area contributed by atoms with Gasteiger partial charge in [0.1, 0.15) is 16.4 Å². The highest BCUT2D eigenvalue weighted by Crippen LogP contribution is 2.42. The van der Waals surface area contributed by atoms with Crippen LogP contribution >= 0.6 is 23.1 Å². The van der Waals surface area contributed by atoms with Crippen molar-refractivity contribution in [1.29, 1.82) is 0 Å². The standard InChI is InChI=1S/C23H18FN3O3S2/c1-3-4-17-25-26-23(32-17)27-19(12-5-8-14(31-2)9-6-12)18-20(28)15-11-13(24)7-10-16(15)30-21(18)22(27)29/h5-11,19H,3-4H2,1-2H3/t19-/m0/s1. The lowest BCUT2D eigenvalue weighted by Gasteiger charge is -2.22. The fourth-order valence-corrected chi connectivity index (χ4v) is 5.28. The second-order valence-corrected chi connectivity index (χ2v) is 9.31. The van der Waals surface area contributed by atoms with Gasteiger partial charge in [-0.3, -0.25) is 14.5 Å². The Balaban J connectivity index is 1.75. The number of aromatic nitrogens is 2. The number of nitrogens with zero attached hydrogens (tertiary/aromatic N) is 3. The predicted octanol–water partition coefficient (Wildman–Crippen LogP) is 5.21. The second-order valence-electron chi connectivity index (χ2n) is 7.39. The van der Waals surface area contributed by atoms with Crippen LogP contribution in [0.25, 0.3) is 11.0 Å². The number of fused-ring (bicyclic) bond motifs is 2. The third-order valence-corrected chi connectivity index (χ3v) is 7.12. The van der Waals surface area contributed by atoms with E-state index < -0.39 is 23.2 Å². The number of anilines is 1. The topological polar surface area (TPSA) is 76.3 Å². The monoisotopic (exact) mass is 467 g/mol. The summed E-state index contributed by atoms with van der Waals surface area (Å²) in [7, 11) is 0. The quantitative estimate of drug-likeness (QED) is 0.375. The van der Waals surface area contributed by atoms with Gasteiger partial charge in [-0.15, -0.1) is 22.0 Å². The summed E-state index contributed by atoms with van der Waals surface area (Å²) in [6, 6.07) is 10.6. The van der Waals surface area contributed by atoms with Crippen LogP contribution in [0.4, 0.5) is 9.52 Å². The van der Waals surface area contributed by atoms with Crippen molar-refractivity contribution in [2.75, 3.05) is 11.2 Å². The molecule has 0 unspecified atom stereocenters. The maximum atomic E-state index is 13.9. The van der Waals surface area contributed by atoms with Crippen molar-refractivity contribution in [2.24, 2.45) is 0 Å². The molecule has 4 aromatic rings. The number of rotatable bonds is 5. The summed E-state index contributed by atoms with van der Waals surface area (Å²) in [6.07, 6.45) is 3.63. The average Bonchev–Trinajstić information content (AvgIpc) is 3.37. The van der Waals surface area contributed by atoms with E-state index in [1.807, 2.05) is 37.4 Å². The fraction of sp³-hybridized carbons (Fsp3) is 0.217. The van der Waals surface area contributed by atoms with Crippen molar-refractivity contribution in [1.82, 2.24) is 10.2 Å². The summed E-state index contributed by atoms with van der Waals surface area (Å²) in [5.41, 5.74) is 0.682. The van der Waals surface area contributed by atoms with E-state index in [1.54, 1.807) is 11.8 Å². The van der Waals surface area contributed by atoms with E-state index >= 15 is 0 Å². The normalized spacial score (nSPS) is 15.5. The van der Waals surface area contributed by atoms with Gasteiger partial charge in [-0.05, 0) is 48.6 Å². The Hall–Kier alpha value is -3.04. The van der Waals surface area contributed by atoms with Gasteiger partial charge in [0.05, 0.1) is 17.0 Å². The molecule has 0 spiro atoms. The molecule has 0 aliphatic carbocycles. The van der Waals surface area contributed by atoms with Gasteiger partial charge in [-0.25, -0.2) is 4.39 Å². The number of carbonyl (C=O) groups is 1. The largest absolute Gasteiger partial charge is 0.450 e. The van der Waals surface area contributed by atoms with Gasteiger partial charge in [0, 0.05) is 11.3 Å². The zero-order valence-corrected chi connectivity index (χ0v) is 18.9. The molecule has 1 aliphatic rings. The number of halogens is 1. The van der Waals surface area contributed by atoms with E-state index in [4.69, 9.17) is 4.42 Å². The Kier molecular flexibility index (Phi) is 5.30. The first-order valence-corrected chi connectivity index (χ1v) is 12.1. The molecule has 162 valence electrons. The van der Waals surface area contributed by atoms with Gasteiger partial charge >= 0.3 is 0 Å². The highest BCUT2D eigenvalue weighted by molar-refractivity contribution is 7.98. The number of carbonyl (C=O) groups excluding carboxylic acids is 1. The van der Waals surface area contributed by atoms with E-state index in [1.165, 1.54) is 28.4 Å². The maximum absolute atomic E-state index is 13.9. The number of thioether (sulfide) groups is 1. The van der Waals surface area contributed by atoms with Crippen LogP contribution in [0.3, 0.4) is 0 Å². The van der Waals surface area contributed by atoms with E-state index in [-0.39, 0.29) is 22.3 Å². The van der Waals surface area contributed by atoms with Crippen molar-refractivity contribution in [3.8, 4) is 0 Å². The van der Waals surface area contributed by atoms with Crippen molar-refractivity contribution in [3.63, 3.8) is 0 Å². The van der Waals surface area contributed by atoms with Crippen molar-refractivity contribution >= 4 is 45.1 Å². The molecule has 0 saturated carbocycles. The molecule has 3 heterocycles. The van der Waals surface area contributed by atoms with Crippen LogP contribution < -0.4 is 10.3 Å². The lowest BCUT2D eigenvalue weighted by atomic mass is 9.99. The highest BCUT2D eigenvalue weighted by Gasteiger charge is 2.45. The first-order valence-electron chi connectivity index (χ1n) is 10.1. The predicted molar refractivity (Wildman–Crippen MR) is 123 cm³/mol. The molecule has 1 amide bonds. The summed E-state index contributed by atoms with van der Waals surface area (Å²) >= 11 is 2.92. The Morgan fingerprint density at radius 1 is 1.16 bits per heavy atom. The smallest absolute Gasteiger partial charge is 0.297 e.